The molecule has 2 aromatic rings. The lowest BCUT2D eigenvalue weighted by atomic mass is 10.1. The van der Waals surface area contributed by atoms with E-state index in [1.54, 1.807) is 0 Å². The number of halogens is 2. The van der Waals surface area contributed by atoms with Crippen LogP contribution in [0, 0.1) is 5.82 Å². The first-order valence-electron chi connectivity index (χ1n) is 7.40. The number of esters is 1. The lowest BCUT2D eigenvalue weighted by Crippen LogP contribution is -2.07. The summed E-state index contributed by atoms with van der Waals surface area (Å²) in [4.78, 5) is 15.6. The van der Waals surface area contributed by atoms with Crippen LogP contribution >= 0.6 is 11.6 Å². The molecule has 25 heavy (non-hydrogen) atoms. The zero-order valence-electron chi connectivity index (χ0n) is 14.0. The van der Waals surface area contributed by atoms with Gasteiger partial charge in [0.05, 0.1) is 25.0 Å². The maximum absolute atomic E-state index is 14.1. The highest BCUT2D eigenvalue weighted by atomic mass is 35.5. The lowest BCUT2D eigenvalue weighted by Gasteiger charge is -2.13. The van der Waals surface area contributed by atoms with Crippen LogP contribution < -0.4 is 9.47 Å². The molecule has 0 aliphatic heterocycles. The molecular weight excluding hydrogens is 349 g/mol. The fourth-order valence-corrected chi connectivity index (χ4v) is 2.19. The van der Waals surface area contributed by atoms with Gasteiger partial charge in [-0.3, -0.25) is 0 Å². The van der Waals surface area contributed by atoms with E-state index in [1.807, 2.05) is 13.8 Å². The van der Waals surface area contributed by atoms with Gasteiger partial charge < -0.3 is 14.2 Å². The summed E-state index contributed by atoms with van der Waals surface area (Å²) in [5.41, 5.74) is 0.210. The highest BCUT2D eigenvalue weighted by Gasteiger charge is 2.17. The van der Waals surface area contributed by atoms with Gasteiger partial charge >= 0.3 is 5.97 Å². The number of rotatable bonds is 6. The van der Waals surface area contributed by atoms with E-state index in [9.17, 15) is 9.18 Å². The van der Waals surface area contributed by atoms with Crippen LogP contribution in [0.5, 0.6) is 17.4 Å². The van der Waals surface area contributed by atoms with E-state index in [4.69, 9.17) is 21.1 Å². The Labute approximate surface area is 150 Å². The zero-order valence-corrected chi connectivity index (χ0v) is 14.8. The number of carbonyl (C=O) groups is 1. The number of nitrogens with zero attached hydrogens (tertiary/aromatic N) is 1. The molecule has 0 bridgehead atoms. The van der Waals surface area contributed by atoms with Gasteiger partial charge in [-0.1, -0.05) is 24.3 Å². The van der Waals surface area contributed by atoms with E-state index >= 15 is 0 Å². The van der Waals surface area contributed by atoms with Crippen molar-refractivity contribution in [1.29, 1.82) is 0 Å². The van der Waals surface area contributed by atoms with Crippen LogP contribution in [-0.2, 0) is 4.74 Å². The molecule has 2 rings (SSSR count). The number of hydrogen-bond donors (Lipinski definition) is 0. The maximum Gasteiger partial charge on any atom is 0.340 e. The Balaban J connectivity index is 2.34. The number of ether oxygens (including phenoxy) is 3. The monoisotopic (exact) mass is 365 g/mol. The van der Waals surface area contributed by atoms with Gasteiger partial charge in [0.2, 0.25) is 5.88 Å². The van der Waals surface area contributed by atoms with Crippen LogP contribution in [0.3, 0.4) is 0 Å². The summed E-state index contributed by atoms with van der Waals surface area (Å²) in [5, 5.41) is 0.262. The van der Waals surface area contributed by atoms with Gasteiger partial charge in [0.25, 0.3) is 0 Å². The van der Waals surface area contributed by atoms with Crippen molar-refractivity contribution in [2.24, 2.45) is 0 Å². The van der Waals surface area contributed by atoms with Crippen molar-refractivity contribution in [1.82, 2.24) is 4.98 Å². The zero-order chi connectivity index (χ0) is 18.6. The van der Waals surface area contributed by atoms with Gasteiger partial charge in [-0.25, -0.2) is 14.2 Å². The minimum absolute atomic E-state index is 0.0795. The van der Waals surface area contributed by atoms with Crippen molar-refractivity contribution in [2.75, 3.05) is 7.11 Å². The second kappa shape index (κ2) is 7.98. The molecule has 0 saturated carbocycles. The molecule has 132 valence electrons. The number of hydrogen-bond acceptors (Lipinski definition) is 5. The van der Waals surface area contributed by atoms with Gasteiger partial charge in [0, 0.05) is 17.7 Å². The molecule has 1 heterocycles. The molecule has 0 unspecified atom stereocenters. The first kappa shape index (κ1) is 18.7. The highest BCUT2D eigenvalue weighted by Crippen LogP contribution is 2.32. The quantitative estimate of drug-likeness (QED) is 0.682. The number of benzene rings is 1. The van der Waals surface area contributed by atoms with E-state index in [-0.39, 0.29) is 34.1 Å². The van der Waals surface area contributed by atoms with E-state index in [0.29, 0.717) is 5.56 Å². The molecule has 0 aliphatic carbocycles. The number of methoxy groups -OCH3 is 1. The highest BCUT2D eigenvalue weighted by molar-refractivity contribution is 6.31. The molecule has 1 aromatic carbocycles. The van der Waals surface area contributed by atoms with E-state index in [0.717, 1.165) is 6.07 Å². The normalized spacial score (nSPS) is 10.5. The summed E-state index contributed by atoms with van der Waals surface area (Å²) < 4.78 is 29.7. The second-order valence-corrected chi connectivity index (χ2v) is 5.70. The van der Waals surface area contributed by atoms with Crippen molar-refractivity contribution in [3.05, 3.63) is 52.9 Å². The Morgan fingerprint density at radius 3 is 2.64 bits per heavy atom. The van der Waals surface area contributed by atoms with Gasteiger partial charge in [-0.2, -0.15) is 0 Å². The first-order chi connectivity index (χ1) is 11.8. The van der Waals surface area contributed by atoms with Crippen molar-refractivity contribution in [3.8, 4) is 17.4 Å². The molecule has 7 heteroatoms. The van der Waals surface area contributed by atoms with E-state index in [1.165, 1.54) is 31.5 Å². The molecule has 0 N–H and O–H groups in total. The van der Waals surface area contributed by atoms with Gasteiger partial charge in [-0.05, 0) is 19.9 Å². The Hall–Kier alpha value is -2.60. The van der Waals surface area contributed by atoms with Crippen molar-refractivity contribution in [2.45, 2.75) is 20.0 Å². The molecule has 0 saturated heterocycles. The Morgan fingerprint density at radius 1 is 1.36 bits per heavy atom. The Kier molecular flexibility index (Phi) is 5.98. The summed E-state index contributed by atoms with van der Waals surface area (Å²) in [6, 6.07) is 3.88. The minimum Gasteiger partial charge on any atom is -0.474 e. The average molecular weight is 366 g/mol. The summed E-state index contributed by atoms with van der Waals surface area (Å²) in [6.45, 7) is 7.34. The molecule has 0 amide bonds. The Bertz CT molecular complexity index is 808. The Morgan fingerprint density at radius 2 is 2.08 bits per heavy atom. The molecule has 0 aliphatic rings. The number of carbonyl (C=O) groups excluding carboxylic acids is 1. The minimum atomic E-state index is -0.785. The SMILES string of the molecule is C=Cc1cc(C(=O)OC)c(F)cc1Oc1cnc(OC(C)C)c(Cl)c1. The number of aromatic nitrogens is 1. The fourth-order valence-electron chi connectivity index (χ4n) is 1.99. The third-order valence-electron chi connectivity index (χ3n) is 3.08. The van der Waals surface area contributed by atoms with Crippen molar-refractivity contribution >= 4 is 23.6 Å². The van der Waals surface area contributed by atoms with Crippen LogP contribution in [-0.4, -0.2) is 24.2 Å². The van der Waals surface area contributed by atoms with Crippen molar-refractivity contribution in [3.63, 3.8) is 0 Å². The van der Waals surface area contributed by atoms with E-state index < -0.39 is 11.8 Å². The summed E-state index contributed by atoms with van der Waals surface area (Å²) in [7, 11) is 1.17. The standard InChI is InChI=1S/C18H17ClFNO4/c1-5-11-6-13(18(22)23-4)15(20)8-16(11)25-12-7-14(19)17(21-9-12)24-10(2)3/h5-10H,1H2,2-4H3. The smallest absolute Gasteiger partial charge is 0.340 e. The van der Waals surface area contributed by atoms with Crippen LogP contribution in [0.1, 0.15) is 29.8 Å². The molecular formula is C18H17ClFNO4. The first-order valence-corrected chi connectivity index (χ1v) is 7.77. The molecule has 1 aromatic heterocycles. The molecule has 0 radical (unpaired) electrons. The van der Waals surface area contributed by atoms with Gasteiger partial charge in [0.15, 0.2) is 0 Å². The maximum atomic E-state index is 14.1. The average Bonchev–Trinajstić information content (AvgIpc) is 2.56. The lowest BCUT2D eigenvalue weighted by molar-refractivity contribution is 0.0595. The number of pyridine rings is 1. The molecule has 5 nitrogen and oxygen atoms in total. The van der Waals surface area contributed by atoms with Crippen LogP contribution in [0.25, 0.3) is 6.08 Å². The predicted octanol–water partition coefficient (Wildman–Crippen LogP) is 4.88. The van der Waals surface area contributed by atoms with Gasteiger partial charge in [0.1, 0.15) is 22.3 Å². The van der Waals surface area contributed by atoms with Crippen LogP contribution in [0.2, 0.25) is 5.02 Å². The van der Waals surface area contributed by atoms with E-state index in [2.05, 4.69) is 16.3 Å². The summed E-state index contributed by atoms with van der Waals surface area (Å²) in [5.74, 6) is -0.830. The summed E-state index contributed by atoms with van der Waals surface area (Å²) >= 11 is 6.11. The summed E-state index contributed by atoms with van der Waals surface area (Å²) in [6.07, 6.45) is 2.76. The molecule has 0 fully saturated rings. The molecule has 0 spiro atoms. The second-order valence-electron chi connectivity index (χ2n) is 5.29. The van der Waals surface area contributed by atoms with Crippen LogP contribution in [0.4, 0.5) is 4.39 Å². The third kappa shape index (κ3) is 4.48. The third-order valence-corrected chi connectivity index (χ3v) is 3.35. The van der Waals surface area contributed by atoms with Crippen molar-refractivity contribution < 1.29 is 23.4 Å². The molecule has 0 atom stereocenters. The predicted molar refractivity (Wildman–Crippen MR) is 92.9 cm³/mol. The van der Waals surface area contributed by atoms with Gasteiger partial charge in [-0.15, -0.1) is 0 Å². The fraction of sp³-hybridized carbons (Fsp3) is 0.222. The largest absolute Gasteiger partial charge is 0.474 e. The van der Waals surface area contributed by atoms with Crippen LogP contribution in [0.15, 0.2) is 31.0 Å². The topological polar surface area (TPSA) is 57.7 Å².